The third-order valence-corrected chi connectivity index (χ3v) is 5.20. The van der Waals surface area contributed by atoms with Crippen molar-refractivity contribution in [1.82, 2.24) is 14.1 Å². The van der Waals surface area contributed by atoms with Gasteiger partial charge in [0.1, 0.15) is 6.61 Å². The molecule has 1 aliphatic rings. The fourth-order valence-corrected chi connectivity index (χ4v) is 3.75. The van der Waals surface area contributed by atoms with E-state index in [-0.39, 0.29) is 17.7 Å². The van der Waals surface area contributed by atoms with Crippen molar-refractivity contribution in [2.24, 2.45) is 7.05 Å². The fourth-order valence-electron chi connectivity index (χ4n) is 2.18. The van der Waals surface area contributed by atoms with Crippen molar-refractivity contribution in [2.45, 2.75) is 24.0 Å². The molecule has 0 amide bonds. The van der Waals surface area contributed by atoms with Crippen LogP contribution >= 0.6 is 0 Å². The molecule has 0 atom stereocenters. The quantitative estimate of drug-likeness (QED) is 0.799. The lowest BCUT2D eigenvalue weighted by Crippen LogP contribution is -2.41. The molecular weight excluding hydrogens is 286 g/mol. The first-order chi connectivity index (χ1) is 9.41. The molecule has 9 heteroatoms. The molecule has 2 heterocycles. The summed E-state index contributed by atoms with van der Waals surface area (Å²) < 4.78 is 32.6. The summed E-state index contributed by atoms with van der Waals surface area (Å²) in [5.41, 5.74) is 0. The van der Waals surface area contributed by atoms with E-state index in [1.807, 2.05) is 0 Å². The van der Waals surface area contributed by atoms with Crippen LogP contribution in [0.3, 0.4) is 0 Å². The minimum Gasteiger partial charge on any atom is -0.480 e. The summed E-state index contributed by atoms with van der Waals surface area (Å²) in [6, 6.07) is 1.46. The second kappa shape index (κ2) is 5.90. The summed E-state index contributed by atoms with van der Waals surface area (Å²) in [4.78, 5) is 10.4. The molecular formula is C11H17N3O5S. The molecule has 1 saturated heterocycles. The standard InChI is InChI=1S/C11H17N3O5S/c1-13-10(2-5-12-13)20(17,18)14-6-3-9(4-7-14)19-8-11(15)16/h2,5,9H,3-4,6-8H2,1H3,(H,15,16). The Bertz CT molecular complexity index is 575. The molecule has 0 aliphatic carbocycles. The van der Waals surface area contributed by atoms with E-state index in [2.05, 4.69) is 5.10 Å². The number of aliphatic carboxylic acids is 1. The molecule has 1 fully saturated rings. The molecule has 1 aromatic heterocycles. The third-order valence-electron chi connectivity index (χ3n) is 3.22. The van der Waals surface area contributed by atoms with Gasteiger partial charge >= 0.3 is 5.97 Å². The Labute approximate surface area is 117 Å². The van der Waals surface area contributed by atoms with Crippen molar-refractivity contribution in [3.63, 3.8) is 0 Å². The van der Waals surface area contributed by atoms with E-state index in [1.54, 1.807) is 7.05 Å². The molecule has 0 aromatic carbocycles. The van der Waals surface area contributed by atoms with Crippen LogP contribution in [0.2, 0.25) is 0 Å². The van der Waals surface area contributed by atoms with Gasteiger partial charge < -0.3 is 9.84 Å². The summed E-state index contributed by atoms with van der Waals surface area (Å²) in [7, 11) is -1.96. The van der Waals surface area contributed by atoms with Crippen LogP contribution in [0.5, 0.6) is 0 Å². The highest BCUT2D eigenvalue weighted by Gasteiger charge is 2.31. The van der Waals surface area contributed by atoms with Crippen LogP contribution in [0.1, 0.15) is 12.8 Å². The van der Waals surface area contributed by atoms with E-state index in [1.165, 1.54) is 21.3 Å². The number of hydrogen-bond acceptors (Lipinski definition) is 5. The molecule has 20 heavy (non-hydrogen) atoms. The van der Waals surface area contributed by atoms with E-state index in [4.69, 9.17) is 9.84 Å². The first-order valence-corrected chi connectivity index (χ1v) is 7.67. The van der Waals surface area contributed by atoms with Crippen molar-refractivity contribution in [3.05, 3.63) is 12.3 Å². The second-order valence-electron chi connectivity index (χ2n) is 4.60. The second-order valence-corrected chi connectivity index (χ2v) is 6.49. The molecule has 2 rings (SSSR count). The van der Waals surface area contributed by atoms with Gasteiger partial charge in [-0.15, -0.1) is 0 Å². The van der Waals surface area contributed by atoms with Gasteiger partial charge in [-0.25, -0.2) is 13.2 Å². The first kappa shape index (κ1) is 14.9. The summed E-state index contributed by atoms with van der Waals surface area (Å²) in [5, 5.41) is 12.6. The minimum absolute atomic E-state index is 0.155. The number of carbonyl (C=O) groups is 1. The van der Waals surface area contributed by atoms with Crippen LogP contribution in [0.15, 0.2) is 17.3 Å². The van der Waals surface area contributed by atoms with E-state index < -0.39 is 16.0 Å². The maximum atomic E-state index is 12.4. The lowest BCUT2D eigenvalue weighted by atomic mass is 10.1. The lowest BCUT2D eigenvalue weighted by molar-refractivity contribution is -0.145. The van der Waals surface area contributed by atoms with Gasteiger partial charge in [-0.1, -0.05) is 0 Å². The molecule has 0 radical (unpaired) electrons. The van der Waals surface area contributed by atoms with Crippen LogP contribution in [0.25, 0.3) is 0 Å². The number of rotatable bonds is 5. The Morgan fingerprint density at radius 1 is 1.50 bits per heavy atom. The maximum Gasteiger partial charge on any atom is 0.329 e. The number of carboxylic acids is 1. The zero-order valence-corrected chi connectivity index (χ0v) is 11.9. The average Bonchev–Trinajstić information content (AvgIpc) is 2.84. The van der Waals surface area contributed by atoms with Crippen molar-refractivity contribution >= 4 is 16.0 Å². The summed E-state index contributed by atoms with van der Waals surface area (Å²) in [6.45, 7) is 0.286. The third kappa shape index (κ3) is 3.17. The normalized spacial score (nSPS) is 18.2. The Hall–Kier alpha value is -1.45. The predicted octanol–water partition coefficient (Wildman–Crippen LogP) is -0.326. The maximum absolute atomic E-state index is 12.4. The molecule has 1 N–H and O–H groups in total. The lowest BCUT2D eigenvalue weighted by Gasteiger charge is -2.30. The Morgan fingerprint density at radius 3 is 2.65 bits per heavy atom. The SMILES string of the molecule is Cn1nccc1S(=O)(=O)N1CCC(OCC(=O)O)CC1. The van der Waals surface area contributed by atoms with Gasteiger partial charge in [0, 0.05) is 20.1 Å². The largest absolute Gasteiger partial charge is 0.480 e. The number of aromatic nitrogens is 2. The van der Waals surface area contributed by atoms with Gasteiger partial charge in [0.05, 0.1) is 12.3 Å². The number of piperidine rings is 1. The van der Waals surface area contributed by atoms with Gasteiger partial charge in [0.15, 0.2) is 5.03 Å². The molecule has 112 valence electrons. The first-order valence-electron chi connectivity index (χ1n) is 6.23. The van der Waals surface area contributed by atoms with Crippen LogP contribution in [-0.4, -0.2) is 59.4 Å². The van der Waals surface area contributed by atoms with E-state index in [0.717, 1.165) is 0 Å². The number of sulfonamides is 1. The number of hydrogen-bond donors (Lipinski definition) is 1. The summed E-state index contributed by atoms with van der Waals surface area (Å²) in [5.74, 6) is -1.02. The van der Waals surface area contributed by atoms with Gasteiger partial charge in [0.2, 0.25) is 0 Å². The van der Waals surface area contributed by atoms with Crippen molar-refractivity contribution in [2.75, 3.05) is 19.7 Å². The van der Waals surface area contributed by atoms with E-state index in [9.17, 15) is 13.2 Å². The van der Waals surface area contributed by atoms with Gasteiger partial charge in [0.25, 0.3) is 10.0 Å². The highest BCUT2D eigenvalue weighted by Crippen LogP contribution is 2.21. The number of carboxylic acid groups (broad SMARTS) is 1. The van der Waals surface area contributed by atoms with Crippen molar-refractivity contribution in [1.29, 1.82) is 0 Å². The zero-order chi connectivity index (χ0) is 14.8. The van der Waals surface area contributed by atoms with Crippen LogP contribution in [0, 0.1) is 0 Å². The molecule has 0 bridgehead atoms. The Kier molecular flexibility index (Phi) is 4.41. The van der Waals surface area contributed by atoms with E-state index in [0.29, 0.717) is 25.9 Å². The number of aryl methyl sites for hydroxylation is 1. The van der Waals surface area contributed by atoms with Crippen molar-refractivity contribution in [3.8, 4) is 0 Å². The molecule has 1 aliphatic heterocycles. The van der Waals surface area contributed by atoms with E-state index >= 15 is 0 Å². The van der Waals surface area contributed by atoms with Gasteiger partial charge in [-0.2, -0.15) is 9.40 Å². The van der Waals surface area contributed by atoms with Crippen LogP contribution in [0.4, 0.5) is 0 Å². The zero-order valence-electron chi connectivity index (χ0n) is 11.1. The van der Waals surface area contributed by atoms with Gasteiger partial charge in [-0.3, -0.25) is 4.68 Å². The Morgan fingerprint density at radius 2 is 2.15 bits per heavy atom. The number of ether oxygens (including phenoxy) is 1. The van der Waals surface area contributed by atoms with Crippen molar-refractivity contribution < 1.29 is 23.1 Å². The summed E-state index contributed by atoms with van der Waals surface area (Å²) in [6.07, 6.45) is 2.22. The molecule has 0 saturated carbocycles. The molecule has 1 aromatic rings. The minimum atomic E-state index is -3.54. The van der Waals surface area contributed by atoms with Gasteiger partial charge in [-0.05, 0) is 18.9 Å². The number of nitrogens with zero attached hydrogens (tertiary/aromatic N) is 3. The van der Waals surface area contributed by atoms with Crippen LogP contribution < -0.4 is 0 Å². The molecule has 0 unspecified atom stereocenters. The summed E-state index contributed by atoms with van der Waals surface area (Å²) >= 11 is 0. The van der Waals surface area contributed by atoms with Crippen LogP contribution in [-0.2, 0) is 26.6 Å². The Balaban J connectivity index is 1.97. The highest BCUT2D eigenvalue weighted by atomic mass is 32.2. The molecule has 8 nitrogen and oxygen atoms in total. The fraction of sp³-hybridized carbons (Fsp3) is 0.636. The highest BCUT2D eigenvalue weighted by molar-refractivity contribution is 7.89. The molecule has 0 spiro atoms. The monoisotopic (exact) mass is 303 g/mol. The predicted molar refractivity (Wildman–Crippen MR) is 68.6 cm³/mol. The topological polar surface area (TPSA) is 102 Å². The smallest absolute Gasteiger partial charge is 0.329 e. The average molecular weight is 303 g/mol.